The molecule has 0 heterocycles. The molecule has 0 amide bonds. The zero-order chi connectivity index (χ0) is 9.61. The molecule has 0 aromatic rings. The van der Waals surface area contributed by atoms with Gasteiger partial charge in [-0.3, -0.25) is 4.79 Å². The number of hydrogen-bond acceptors (Lipinski definition) is 1. The molecule has 0 atom stereocenters. The van der Waals surface area contributed by atoms with Crippen LogP contribution in [0.25, 0.3) is 0 Å². The van der Waals surface area contributed by atoms with E-state index in [1.807, 2.05) is 13.8 Å². The van der Waals surface area contributed by atoms with Crippen LogP contribution in [0.4, 0.5) is 0 Å². The Morgan fingerprint density at radius 2 is 1.69 bits per heavy atom. The Morgan fingerprint density at radius 1 is 1.23 bits per heavy atom. The SMILES string of the molecule is CCCCC(CC)(CC)C(=O)O.[InH3]. The maximum atomic E-state index is 11.0. The molecule has 2 nitrogen and oxygen atoms in total. The quantitative estimate of drug-likeness (QED) is 0.811. The Kier molecular flexibility index (Phi) is 9.38. The van der Waals surface area contributed by atoms with Crippen LogP contribution in [0.5, 0.6) is 0 Å². The van der Waals surface area contributed by atoms with Crippen LogP contribution < -0.4 is 0 Å². The third-order valence-corrected chi connectivity index (χ3v) is 2.82. The van der Waals surface area contributed by atoms with Gasteiger partial charge in [-0.25, -0.2) is 0 Å². The topological polar surface area (TPSA) is 37.3 Å². The van der Waals surface area contributed by atoms with E-state index in [0.717, 1.165) is 32.1 Å². The number of unbranched alkanes of at least 4 members (excludes halogenated alkanes) is 1. The van der Waals surface area contributed by atoms with Gasteiger partial charge < -0.3 is 5.11 Å². The van der Waals surface area contributed by atoms with Crippen LogP contribution in [0, 0.1) is 5.41 Å². The normalized spacial score (nSPS) is 10.7. The van der Waals surface area contributed by atoms with Gasteiger partial charge in [0.1, 0.15) is 0 Å². The summed E-state index contributed by atoms with van der Waals surface area (Å²) in [4.78, 5) is 11.0. The second kappa shape index (κ2) is 7.72. The van der Waals surface area contributed by atoms with Crippen molar-refractivity contribution in [2.45, 2.75) is 52.9 Å². The van der Waals surface area contributed by atoms with Gasteiger partial charge in [0, 0.05) is 0 Å². The average molecular weight is 290 g/mol. The standard InChI is InChI=1S/C10H20O2.In.3H/c1-4-7-8-10(5-2,6-3)9(11)12;;;;/h4-8H2,1-3H3,(H,11,12);;;;. The van der Waals surface area contributed by atoms with Crippen molar-refractivity contribution >= 4 is 31.8 Å². The summed E-state index contributed by atoms with van der Waals surface area (Å²) in [6, 6.07) is 0. The van der Waals surface area contributed by atoms with Gasteiger partial charge in [0.25, 0.3) is 0 Å². The van der Waals surface area contributed by atoms with Crippen molar-refractivity contribution in [3.05, 3.63) is 0 Å². The number of carbonyl (C=O) groups is 1. The molecular formula is C10H23InO2. The van der Waals surface area contributed by atoms with Crippen LogP contribution in [-0.2, 0) is 4.79 Å². The minimum absolute atomic E-state index is 0. The second-order valence-electron chi connectivity index (χ2n) is 3.40. The summed E-state index contributed by atoms with van der Waals surface area (Å²) in [5.41, 5.74) is -0.448. The zero-order valence-electron chi connectivity index (χ0n) is 8.39. The van der Waals surface area contributed by atoms with E-state index in [9.17, 15) is 4.79 Å². The summed E-state index contributed by atoms with van der Waals surface area (Å²) in [5, 5.41) is 9.05. The van der Waals surface area contributed by atoms with E-state index in [1.165, 1.54) is 0 Å². The van der Waals surface area contributed by atoms with Crippen molar-refractivity contribution in [1.29, 1.82) is 0 Å². The molecule has 0 saturated carbocycles. The molecule has 0 unspecified atom stereocenters. The molecule has 0 aromatic carbocycles. The minimum atomic E-state index is -0.624. The average Bonchev–Trinajstić information content (AvgIpc) is 2.07. The van der Waals surface area contributed by atoms with Crippen LogP contribution in [0.15, 0.2) is 0 Å². The Bertz CT molecular complexity index is 142. The molecule has 0 radical (unpaired) electrons. The van der Waals surface area contributed by atoms with Gasteiger partial charge in [0.15, 0.2) is 0 Å². The molecule has 0 rings (SSSR count). The summed E-state index contributed by atoms with van der Waals surface area (Å²) < 4.78 is 0. The van der Waals surface area contributed by atoms with E-state index in [1.54, 1.807) is 0 Å². The number of carboxylic acid groups (broad SMARTS) is 1. The molecule has 0 aromatic heterocycles. The number of rotatable bonds is 6. The molecule has 0 aliphatic carbocycles. The Morgan fingerprint density at radius 3 is 1.92 bits per heavy atom. The first-order valence-corrected chi connectivity index (χ1v) is 4.86. The predicted molar refractivity (Wildman–Crippen MR) is 60.1 cm³/mol. The van der Waals surface area contributed by atoms with Crippen molar-refractivity contribution in [2.75, 3.05) is 0 Å². The van der Waals surface area contributed by atoms with Gasteiger partial charge in [0.2, 0.25) is 0 Å². The first-order valence-electron chi connectivity index (χ1n) is 4.86. The van der Waals surface area contributed by atoms with Crippen LogP contribution in [0.1, 0.15) is 52.9 Å². The fraction of sp³-hybridized carbons (Fsp3) is 0.900. The third kappa shape index (κ3) is 4.39. The van der Waals surface area contributed by atoms with E-state index >= 15 is 0 Å². The maximum absolute atomic E-state index is 11.0. The fourth-order valence-electron chi connectivity index (χ4n) is 1.53. The van der Waals surface area contributed by atoms with Crippen LogP contribution >= 0.6 is 0 Å². The van der Waals surface area contributed by atoms with Crippen LogP contribution in [-0.4, -0.2) is 36.9 Å². The monoisotopic (exact) mass is 290 g/mol. The Labute approximate surface area is 99.9 Å². The first kappa shape index (κ1) is 15.8. The van der Waals surface area contributed by atoms with Crippen molar-refractivity contribution in [3.8, 4) is 0 Å². The van der Waals surface area contributed by atoms with Crippen molar-refractivity contribution in [3.63, 3.8) is 0 Å². The molecule has 3 heteroatoms. The van der Waals surface area contributed by atoms with E-state index in [0.29, 0.717) is 0 Å². The van der Waals surface area contributed by atoms with Crippen molar-refractivity contribution in [2.24, 2.45) is 5.41 Å². The van der Waals surface area contributed by atoms with E-state index in [2.05, 4.69) is 6.92 Å². The molecule has 0 bridgehead atoms. The summed E-state index contributed by atoms with van der Waals surface area (Å²) >= 11 is 0. The summed E-state index contributed by atoms with van der Waals surface area (Å²) in [6.07, 6.45) is 4.42. The molecule has 78 valence electrons. The molecule has 13 heavy (non-hydrogen) atoms. The van der Waals surface area contributed by atoms with Gasteiger partial charge in [-0.2, -0.15) is 0 Å². The second-order valence-corrected chi connectivity index (χ2v) is 3.40. The zero-order valence-corrected chi connectivity index (χ0v) is 8.39. The van der Waals surface area contributed by atoms with Crippen LogP contribution in [0.2, 0.25) is 0 Å². The van der Waals surface area contributed by atoms with E-state index < -0.39 is 11.4 Å². The van der Waals surface area contributed by atoms with Gasteiger partial charge in [-0.1, -0.05) is 33.6 Å². The number of carboxylic acids is 1. The summed E-state index contributed by atoms with van der Waals surface area (Å²) in [7, 11) is 0. The summed E-state index contributed by atoms with van der Waals surface area (Å²) in [5.74, 6) is -0.624. The molecule has 0 spiro atoms. The summed E-state index contributed by atoms with van der Waals surface area (Å²) in [6.45, 7) is 6.03. The first-order chi connectivity index (χ1) is 5.63. The predicted octanol–water partition coefficient (Wildman–Crippen LogP) is 1.88. The van der Waals surface area contributed by atoms with Crippen LogP contribution in [0.3, 0.4) is 0 Å². The fourth-order valence-corrected chi connectivity index (χ4v) is 1.53. The number of aliphatic carboxylic acids is 1. The molecule has 1 N–H and O–H groups in total. The molecule has 0 aliphatic rings. The van der Waals surface area contributed by atoms with Crippen molar-refractivity contribution in [1.82, 2.24) is 0 Å². The molecule has 0 aliphatic heterocycles. The molecule has 0 saturated heterocycles. The van der Waals surface area contributed by atoms with Crippen molar-refractivity contribution < 1.29 is 9.90 Å². The van der Waals surface area contributed by atoms with Gasteiger partial charge in [-0.15, -0.1) is 0 Å². The third-order valence-electron chi connectivity index (χ3n) is 2.82. The van der Waals surface area contributed by atoms with Gasteiger partial charge in [0.05, 0.1) is 5.41 Å². The van der Waals surface area contributed by atoms with E-state index in [4.69, 9.17) is 5.11 Å². The van der Waals surface area contributed by atoms with Gasteiger partial charge in [-0.05, 0) is 19.3 Å². The molecular weight excluding hydrogens is 267 g/mol. The molecule has 0 fully saturated rings. The Hall–Kier alpha value is 0.340. The van der Waals surface area contributed by atoms with E-state index in [-0.39, 0.29) is 25.8 Å². The number of hydrogen-bond donors (Lipinski definition) is 1. The van der Waals surface area contributed by atoms with Gasteiger partial charge >= 0.3 is 31.8 Å². The Balaban J connectivity index is 0.